The van der Waals surface area contributed by atoms with Crippen molar-refractivity contribution in [1.29, 1.82) is 0 Å². The molecular formula is C14H24N2S2. The summed E-state index contributed by atoms with van der Waals surface area (Å²) in [5.74, 6) is 0. The predicted molar refractivity (Wildman–Crippen MR) is 83.6 cm³/mol. The molecule has 0 amide bonds. The lowest BCUT2D eigenvalue weighted by molar-refractivity contribution is 0.202. The van der Waals surface area contributed by atoms with Crippen LogP contribution in [0.1, 0.15) is 36.6 Å². The van der Waals surface area contributed by atoms with E-state index in [4.69, 9.17) is 5.73 Å². The van der Waals surface area contributed by atoms with Crippen LogP contribution in [0.2, 0.25) is 0 Å². The molecule has 3 unspecified atom stereocenters. The van der Waals surface area contributed by atoms with E-state index in [0.29, 0.717) is 16.5 Å². The lowest BCUT2D eigenvalue weighted by atomic mass is 10.1. The van der Waals surface area contributed by atoms with E-state index in [-0.39, 0.29) is 0 Å². The van der Waals surface area contributed by atoms with Crippen LogP contribution in [0.25, 0.3) is 0 Å². The summed E-state index contributed by atoms with van der Waals surface area (Å²) in [6.45, 7) is 9.93. The zero-order valence-electron chi connectivity index (χ0n) is 11.6. The number of nitrogens with two attached hydrogens (primary N) is 1. The zero-order chi connectivity index (χ0) is 13.1. The molecule has 1 aliphatic rings. The Labute approximate surface area is 119 Å². The van der Waals surface area contributed by atoms with Crippen LogP contribution in [-0.2, 0) is 6.42 Å². The van der Waals surface area contributed by atoms with Gasteiger partial charge in [0.25, 0.3) is 0 Å². The third kappa shape index (κ3) is 3.29. The van der Waals surface area contributed by atoms with Crippen LogP contribution in [-0.4, -0.2) is 35.0 Å². The molecule has 1 aliphatic heterocycles. The van der Waals surface area contributed by atoms with Gasteiger partial charge < -0.3 is 5.73 Å². The first-order valence-corrected chi connectivity index (χ1v) is 8.58. The molecule has 0 aliphatic carbocycles. The Balaban J connectivity index is 2.12. The number of hydrogen-bond donors (Lipinski definition) is 1. The van der Waals surface area contributed by atoms with Crippen LogP contribution in [0.15, 0.2) is 12.1 Å². The second-order valence-corrected chi connectivity index (χ2v) is 8.20. The average molecular weight is 284 g/mol. The quantitative estimate of drug-likeness (QED) is 0.921. The first kappa shape index (κ1) is 14.4. The Morgan fingerprint density at radius 3 is 2.50 bits per heavy atom. The Bertz CT molecular complexity index is 368. The van der Waals surface area contributed by atoms with E-state index in [2.05, 4.69) is 49.6 Å². The molecule has 1 saturated heterocycles. The van der Waals surface area contributed by atoms with Gasteiger partial charge in [0.1, 0.15) is 0 Å². The molecule has 0 spiro atoms. The standard InChI is InChI=1S/C14H24N2S2/c1-4-12-5-6-14(18-12)13(7-15)16-8-10(2)17-11(3)9-16/h5-6,10-11,13H,4,7-9,15H2,1-3H3. The largest absolute Gasteiger partial charge is 0.329 e. The second kappa shape index (κ2) is 6.42. The van der Waals surface area contributed by atoms with E-state index in [0.717, 1.165) is 26.1 Å². The van der Waals surface area contributed by atoms with Crippen molar-refractivity contribution >= 4 is 23.1 Å². The highest BCUT2D eigenvalue weighted by atomic mass is 32.2. The fraction of sp³-hybridized carbons (Fsp3) is 0.714. The van der Waals surface area contributed by atoms with Crippen LogP contribution in [0.3, 0.4) is 0 Å². The third-order valence-electron chi connectivity index (χ3n) is 3.47. The molecular weight excluding hydrogens is 260 g/mol. The molecule has 18 heavy (non-hydrogen) atoms. The summed E-state index contributed by atoms with van der Waals surface area (Å²) in [5.41, 5.74) is 6.04. The minimum Gasteiger partial charge on any atom is -0.329 e. The van der Waals surface area contributed by atoms with E-state index < -0.39 is 0 Å². The summed E-state index contributed by atoms with van der Waals surface area (Å²) < 4.78 is 0. The lowest BCUT2D eigenvalue weighted by Crippen LogP contribution is -2.44. The summed E-state index contributed by atoms with van der Waals surface area (Å²) in [6, 6.07) is 4.95. The molecule has 2 rings (SSSR count). The number of thiophene rings is 1. The molecule has 1 fully saturated rings. The molecule has 2 heterocycles. The first-order chi connectivity index (χ1) is 8.63. The van der Waals surface area contributed by atoms with E-state index in [1.165, 1.54) is 9.75 Å². The number of nitrogens with zero attached hydrogens (tertiary/aromatic N) is 1. The number of hydrogen-bond acceptors (Lipinski definition) is 4. The molecule has 0 bridgehead atoms. The van der Waals surface area contributed by atoms with Gasteiger partial charge in [-0.1, -0.05) is 20.8 Å². The Morgan fingerprint density at radius 1 is 1.33 bits per heavy atom. The lowest BCUT2D eigenvalue weighted by Gasteiger charge is -2.39. The Hall–Kier alpha value is -0.0300. The smallest absolute Gasteiger partial charge is 0.0565 e. The molecule has 2 nitrogen and oxygen atoms in total. The fourth-order valence-electron chi connectivity index (χ4n) is 2.68. The second-order valence-electron chi connectivity index (χ2n) is 5.12. The molecule has 102 valence electrons. The first-order valence-electron chi connectivity index (χ1n) is 6.82. The van der Waals surface area contributed by atoms with Crippen LogP contribution < -0.4 is 5.73 Å². The van der Waals surface area contributed by atoms with Gasteiger partial charge in [0, 0.05) is 39.9 Å². The van der Waals surface area contributed by atoms with E-state index >= 15 is 0 Å². The predicted octanol–water partition coefficient (Wildman–Crippen LogP) is 3.14. The minimum absolute atomic E-state index is 0.418. The zero-order valence-corrected chi connectivity index (χ0v) is 13.2. The number of thioether (sulfide) groups is 1. The summed E-state index contributed by atoms with van der Waals surface area (Å²) >= 11 is 4.03. The number of rotatable bonds is 4. The number of aryl methyl sites for hydroxylation is 1. The molecule has 0 radical (unpaired) electrons. The summed E-state index contributed by atoms with van der Waals surface area (Å²) in [7, 11) is 0. The molecule has 4 heteroatoms. The van der Waals surface area contributed by atoms with Crippen LogP contribution in [0.4, 0.5) is 0 Å². The van der Waals surface area contributed by atoms with Gasteiger partial charge in [0.15, 0.2) is 0 Å². The van der Waals surface area contributed by atoms with Gasteiger partial charge in [-0.2, -0.15) is 11.8 Å². The van der Waals surface area contributed by atoms with Crippen molar-refractivity contribution in [3.8, 4) is 0 Å². The molecule has 0 saturated carbocycles. The van der Waals surface area contributed by atoms with E-state index in [1.807, 2.05) is 11.3 Å². The van der Waals surface area contributed by atoms with E-state index in [1.54, 1.807) is 0 Å². The molecule has 1 aromatic rings. The van der Waals surface area contributed by atoms with Crippen LogP contribution >= 0.6 is 23.1 Å². The highest BCUT2D eigenvalue weighted by Gasteiger charge is 2.28. The highest BCUT2D eigenvalue weighted by molar-refractivity contribution is 8.00. The van der Waals surface area contributed by atoms with Crippen molar-refractivity contribution in [2.45, 2.75) is 43.7 Å². The third-order valence-corrected chi connectivity index (χ3v) is 6.03. The average Bonchev–Trinajstić information content (AvgIpc) is 2.77. The summed E-state index contributed by atoms with van der Waals surface area (Å²) in [6.07, 6.45) is 1.13. The monoisotopic (exact) mass is 284 g/mol. The molecule has 3 atom stereocenters. The fourth-order valence-corrected chi connectivity index (χ4v) is 5.13. The maximum atomic E-state index is 6.04. The highest BCUT2D eigenvalue weighted by Crippen LogP contribution is 2.33. The summed E-state index contributed by atoms with van der Waals surface area (Å²) in [5, 5.41) is 1.43. The minimum atomic E-state index is 0.418. The Morgan fingerprint density at radius 2 is 2.00 bits per heavy atom. The van der Waals surface area contributed by atoms with Crippen molar-refractivity contribution in [3.05, 3.63) is 21.9 Å². The molecule has 0 aromatic carbocycles. The van der Waals surface area contributed by atoms with Crippen molar-refractivity contribution in [1.82, 2.24) is 4.90 Å². The maximum absolute atomic E-state index is 6.04. The molecule has 2 N–H and O–H groups in total. The SMILES string of the molecule is CCc1ccc(C(CN)N2CC(C)SC(C)C2)s1. The normalized spacial score (nSPS) is 27.3. The van der Waals surface area contributed by atoms with Gasteiger partial charge in [0.05, 0.1) is 6.04 Å². The van der Waals surface area contributed by atoms with Crippen molar-refractivity contribution < 1.29 is 0 Å². The van der Waals surface area contributed by atoms with Gasteiger partial charge in [0.2, 0.25) is 0 Å². The van der Waals surface area contributed by atoms with Crippen LogP contribution in [0, 0.1) is 0 Å². The Kier molecular flexibility index (Phi) is 5.13. The van der Waals surface area contributed by atoms with Crippen molar-refractivity contribution in [2.75, 3.05) is 19.6 Å². The van der Waals surface area contributed by atoms with Gasteiger partial charge >= 0.3 is 0 Å². The van der Waals surface area contributed by atoms with Gasteiger partial charge in [-0.3, -0.25) is 4.90 Å². The van der Waals surface area contributed by atoms with E-state index in [9.17, 15) is 0 Å². The topological polar surface area (TPSA) is 29.3 Å². The van der Waals surface area contributed by atoms with Gasteiger partial charge in [-0.25, -0.2) is 0 Å². The van der Waals surface area contributed by atoms with Gasteiger partial charge in [-0.15, -0.1) is 11.3 Å². The van der Waals surface area contributed by atoms with Crippen molar-refractivity contribution in [3.63, 3.8) is 0 Å². The molecule has 1 aromatic heterocycles. The van der Waals surface area contributed by atoms with Crippen molar-refractivity contribution in [2.24, 2.45) is 5.73 Å². The maximum Gasteiger partial charge on any atom is 0.0565 e. The summed E-state index contributed by atoms with van der Waals surface area (Å²) in [4.78, 5) is 5.49. The van der Waals surface area contributed by atoms with Crippen LogP contribution in [0.5, 0.6) is 0 Å². The van der Waals surface area contributed by atoms with Gasteiger partial charge in [-0.05, 0) is 18.6 Å².